The summed E-state index contributed by atoms with van der Waals surface area (Å²) in [6.45, 7) is 4.90. The number of guanidine groups is 1. The Balaban J connectivity index is 1.75. The molecule has 5 heteroatoms. The van der Waals surface area contributed by atoms with Crippen LogP contribution in [0.15, 0.2) is 29.3 Å². The van der Waals surface area contributed by atoms with Gasteiger partial charge in [0.25, 0.3) is 0 Å². The Morgan fingerprint density at radius 1 is 1.32 bits per heavy atom. The van der Waals surface area contributed by atoms with Crippen LogP contribution in [0.4, 0.5) is 0 Å². The molecular formula is C14H21N3O2. The zero-order chi connectivity index (χ0) is 13.5. The average Bonchev–Trinajstić information content (AvgIpc) is 2.84. The zero-order valence-electron chi connectivity index (χ0n) is 11.5. The quantitative estimate of drug-likeness (QED) is 0.756. The third-order valence-corrected chi connectivity index (χ3v) is 2.85. The molecule has 5 nitrogen and oxygen atoms in total. The summed E-state index contributed by atoms with van der Waals surface area (Å²) in [5.41, 5.74) is 1.20. The molecule has 1 aliphatic rings. The minimum atomic E-state index is 0.430. The largest absolute Gasteiger partial charge is 0.491 e. The summed E-state index contributed by atoms with van der Waals surface area (Å²) in [4.78, 5) is 4.36. The van der Waals surface area contributed by atoms with Gasteiger partial charge in [-0.25, -0.2) is 0 Å². The third kappa shape index (κ3) is 4.44. The molecule has 1 aromatic carbocycles. The summed E-state index contributed by atoms with van der Waals surface area (Å²) in [5.74, 6) is 1.75. The SMILES string of the molecule is COCCOc1ccc(CNC2=NCC(C)N2)cc1. The van der Waals surface area contributed by atoms with Crippen LogP contribution in [0.5, 0.6) is 5.75 Å². The smallest absolute Gasteiger partial charge is 0.191 e. The van der Waals surface area contributed by atoms with Crippen molar-refractivity contribution in [2.24, 2.45) is 4.99 Å². The molecule has 0 aromatic heterocycles. The molecule has 0 aliphatic carbocycles. The second kappa shape index (κ2) is 6.99. The van der Waals surface area contributed by atoms with Crippen LogP contribution in [-0.2, 0) is 11.3 Å². The summed E-state index contributed by atoms with van der Waals surface area (Å²) in [6, 6.07) is 8.47. The first-order valence-electron chi connectivity index (χ1n) is 6.53. The standard InChI is InChI=1S/C14H21N3O2/c1-11-9-15-14(17-11)16-10-12-3-5-13(6-4-12)19-8-7-18-2/h3-6,11H,7-10H2,1-2H3,(H2,15,16,17). The lowest BCUT2D eigenvalue weighted by atomic mass is 10.2. The van der Waals surface area contributed by atoms with Crippen LogP contribution in [0.25, 0.3) is 0 Å². The van der Waals surface area contributed by atoms with Crippen molar-refractivity contribution in [2.75, 3.05) is 26.9 Å². The molecule has 1 heterocycles. The van der Waals surface area contributed by atoms with E-state index < -0.39 is 0 Å². The number of aliphatic imine (C=N–C) groups is 1. The van der Waals surface area contributed by atoms with E-state index in [9.17, 15) is 0 Å². The monoisotopic (exact) mass is 263 g/mol. The average molecular weight is 263 g/mol. The van der Waals surface area contributed by atoms with Crippen LogP contribution >= 0.6 is 0 Å². The molecule has 1 atom stereocenters. The molecule has 0 radical (unpaired) electrons. The highest BCUT2D eigenvalue weighted by molar-refractivity contribution is 5.81. The molecule has 0 amide bonds. The highest BCUT2D eigenvalue weighted by Gasteiger charge is 2.11. The lowest BCUT2D eigenvalue weighted by Gasteiger charge is -2.10. The van der Waals surface area contributed by atoms with Crippen molar-refractivity contribution >= 4 is 5.96 Å². The number of nitrogens with zero attached hydrogens (tertiary/aromatic N) is 1. The first-order chi connectivity index (χ1) is 9.28. The Morgan fingerprint density at radius 2 is 2.11 bits per heavy atom. The third-order valence-electron chi connectivity index (χ3n) is 2.85. The number of hydrogen-bond acceptors (Lipinski definition) is 5. The van der Waals surface area contributed by atoms with E-state index in [0.717, 1.165) is 24.8 Å². The lowest BCUT2D eigenvalue weighted by molar-refractivity contribution is 0.146. The molecule has 1 aliphatic heterocycles. The van der Waals surface area contributed by atoms with Crippen molar-refractivity contribution in [1.29, 1.82) is 0 Å². The van der Waals surface area contributed by atoms with Gasteiger partial charge >= 0.3 is 0 Å². The van der Waals surface area contributed by atoms with Crippen molar-refractivity contribution < 1.29 is 9.47 Å². The van der Waals surface area contributed by atoms with Crippen LogP contribution in [-0.4, -0.2) is 38.9 Å². The van der Waals surface area contributed by atoms with E-state index in [2.05, 4.69) is 22.5 Å². The fraction of sp³-hybridized carbons (Fsp3) is 0.500. The number of hydrogen-bond donors (Lipinski definition) is 2. The number of methoxy groups -OCH3 is 1. The molecule has 0 saturated carbocycles. The van der Waals surface area contributed by atoms with Gasteiger partial charge in [-0.05, 0) is 24.6 Å². The zero-order valence-corrected chi connectivity index (χ0v) is 11.5. The van der Waals surface area contributed by atoms with E-state index in [1.165, 1.54) is 5.56 Å². The molecule has 0 saturated heterocycles. The van der Waals surface area contributed by atoms with Crippen LogP contribution in [0, 0.1) is 0 Å². The summed E-state index contributed by atoms with van der Waals surface area (Å²) in [6.07, 6.45) is 0. The van der Waals surface area contributed by atoms with Crippen LogP contribution in [0.1, 0.15) is 12.5 Å². The highest BCUT2D eigenvalue weighted by atomic mass is 16.5. The second-order valence-corrected chi connectivity index (χ2v) is 4.57. The number of benzene rings is 1. The molecule has 0 fully saturated rings. The summed E-state index contributed by atoms with van der Waals surface area (Å²) >= 11 is 0. The van der Waals surface area contributed by atoms with Crippen molar-refractivity contribution in [1.82, 2.24) is 10.6 Å². The van der Waals surface area contributed by atoms with Crippen molar-refractivity contribution in [2.45, 2.75) is 19.5 Å². The van der Waals surface area contributed by atoms with E-state index in [1.54, 1.807) is 7.11 Å². The Kier molecular flexibility index (Phi) is 5.03. The van der Waals surface area contributed by atoms with Gasteiger partial charge in [-0.15, -0.1) is 0 Å². The Bertz CT molecular complexity index is 417. The first-order valence-corrected chi connectivity index (χ1v) is 6.53. The van der Waals surface area contributed by atoms with Gasteiger partial charge in [0.15, 0.2) is 5.96 Å². The van der Waals surface area contributed by atoms with E-state index in [0.29, 0.717) is 19.3 Å². The van der Waals surface area contributed by atoms with E-state index >= 15 is 0 Å². The van der Waals surface area contributed by atoms with Gasteiger partial charge in [0.2, 0.25) is 0 Å². The molecule has 0 spiro atoms. The molecule has 2 rings (SSSR count). The summed E-state index contributed by atoms with van der Waals surface area (Å²) in [7, 11) is 1.67. The predicted molar refractivity (Wildman–Crippen MR) is 75.6 cm³/mol. The van der Waals surface area contributed by atoms with Gasteiger partial charge in [0.05, 0.1) is 13.2 Å². The van der Waals surface area contributed by atoms with Crippen molar-refractivity contribution in [3.8, 4) is 5.75 Å². The molecule has 2 N–H and O–H groups in total. The van der Waals surface area contributed by atoms with Gasteiger partial charge in [-0.3, -0.25) is 4.99 Å². The van der Waals surface area contributed by atoms with Gasteiger partial charge in [-0.1, -0.05) is 12.1 Å². The summed E-state index contributed by atoms with van der Waals surface area (Å²) < 4.78 is 10.4. The van der Waals surface area contributed by atoms with E-state index in [1.807, 2.05) is 24.3 Å². The fourth-order valence-corrected chi connectivity index (χ4v) is 1.79. The van der Waals surface area contributed by atoms with Crippen molar-refractivity contribution in [3.63, 3.8) is 0 Å². The molecule has 1 aromatic rings. The minimum Gasteiger partial charge on any atom is -0.491 e. The maximum atomic E-state index is 5.51. The van der Waals surface area contributed by atoms with Gasteiger partial charge < -0.3 is 20.1 Å². The number of ether oxygens (including phenoxy) is 2. The summed E-state index contributed by atoms with van der Waals surface area (Å²) in [5, 5.41) is 6.55. The minimum absolute atomic E-state index is 0.430. The lowest BCUT2D eigenvalue weighted by Crippen LogP contribution is -2.37. The fourth-order valence-electron chi connectivity index (χ4n) is 1.79. The van der Waals surface area contributed by atoms with Crippen molar-refractivity contribution in [3.05, 3.63) is 29.8 Å². The predicted octanol–water partition coefficient (Wildman–Crippen LogP) is 1.15. The topological polar surface area (TPSA) is 54.9 Å². The van der Waals surface area contributed by atoms with Gasteiger partial charge in [-0.2, -0.15) is 0 Å². The van der Waals surface area contributed by atoms with Crippen LogP contribution in [0.3, 0.4) is 0 Å². The Morgan fingerprint density at radius 3 is 2.74 bits per heavy atom. The van der Waals surface area contributed by atoms with Crippen LogP contribution < -0.4 is 15.4 Å². The normalized spacial score (nSPS) is 17.8. The highest BCUT2D eigenvalue weighted by Crippen LogP contribution is 2.12. The second-order valence-electron chi connectivity index (χ2n) is 4.57. The molecule has 1 unspecified atom stereocenters. The first kappa shape index (κ1) is 13.7. The Labute approximate surface area is 114 Å². The maximum absolute atomic E-state index is 5.51. The van der Waals surface area contributed by atoms with E-state index in [4.69, 9.17) is 9.47 Å². The molecular weight excluding hydrogens is 242 g/mol. The molecule has 0 bridgehead atoms. The number of nitrogens with one attached hydrogen (secondary N) is 2. The van der Waals surface area contributed by atoms with Gasteiger partial charge in [0, 0.05) is 19.7 Å². The Hall–Kier alpha value is -1.75. The van der Waals surface area contributed by atoms with E-state index in [-0.39, 0.29) is 0 Å². The number of rotatable bonds is 6. The van der Waals surface area contributed by atoms with Gasteiger partial charge in [0.1, 0.15) is 12.4 Å². The maximum Gasteiger partial charge on any atom is 0.191 e. The molecule has 104 valence electrons. The van der Waals surface area contributed by atoms with Crippen LogP contribution in [0.2, 0.25) is 0 Å². The molecule has 19 heavy (non-hydrogen) atoms.